The predicted molar refractivity (Wildman–Crippen MR) is 106 cm³/mol. The lowest BCUT2D eigenvalue weighted by Crippen LogP contribution is -2.36. The molecule has 2 aromatic carbocycles. The number of nitrogens with one attached hydrogen (secondary N) is 1. The van der Waals surface area contributed by atoms with E-state index in [1.54, 1.807) is 38.4 Å². The van der Waals surface area contributed by atoms with Crippen molar-refractivity contribution in [3.8, 4) is 0 Å². The van der Waals surface area contributed by atoms with Gasteiger partial charge in [-0.2, -0.15) is 0 Å². The number of carbonyl (C=O) groups excluding carboxylic acids is 2. The smallest absolute Gasteiger partial charge is 0.310 e. The van der Waals surface area contributed by atoms with E-state index in [-0.39, 0.29) is 18.2 Å². The molecular weight excluding hydrogens is 356 g/mol. The summed E-state index contributed by atoms with van der Waals surface area (Å²) >= 11 is 0. The highest BCUT2D eigenvalue weighted by atomic mass is 16.4. The molecule has 0 unspecified atom stereocenters. The lowest BCUT2D eigenvalue weighted by molar-refractivity contribution is -0.150. The monoisotopic (exact) mass is 380 g/mol. The molecule has 1 aliphatic rings. The first-order valence-electron chi connectivity index (χ1n) is 9.18. The van der Waals surface area contributed by atoms with Crippen molar-refractivity contribution < 1.29 is 19.5 Å². The summed E-state index contributed by atoms with van der Waals surface area (Å²) < 4.78 is 0. The Hall–Kier alpha value is -3.15. The van der Waals surface area contributed by atoms with Crippen LogP contribution in [0.2, 0.25) is 0 Å². The molecule has 1 aliphatic carbocycles. The van der Waals surface area contributed by atoms with Crippen LogP contribution in [0.4, 0.5) is 5.69 Å². The number of hydrogen-bond acceptors (Lipinski definition) is 3. The average molecular weight is 380 g/mol. The standard InChI is InChI=1S/C22H24N2O4/c1-24(2)20(26)11-15-7-9-18(10-8-15)23-19(25)14-22(21(27)28)12-16-5-3-4-6-17(16)13-22/h3-10H,11-14H2,1-2H3,(H,23,25)(H,27,28). The molecule has 0 spiro atoms. The van der Waals surface area contributed by atoms with E-state index in [4.69, 9.17) is 0 Å². The number of nitrogens with zero attached hydrogens (tertiary/aromatic N) is 1. The molecule has 2 aromatic rings. The van der Waals surface area contributed by atoms with Crippen molar-refractivity contribution in [1.29, 1.82) is 0 Å². The van der Waals surface area contributed by atoms with Crippen LogP contribution in [0.25, 0.3) is 0 Å². The van der Waals surface area contributed by atoms with Crippen LogP contribution in [0, 0.1) is 5.41 Å². The molecule has 0 aromatic heterocycles. The number of benzene rings is 2. The van der Waals surface area contributed by atoms with E-state index in [1.807, 2.05) is 24.3 Å². The van der Waals surface area contributed by atoms with Crippen LogP contribution in [-0.4, -0.2) is 41.9 Å². The number of likely N-dealkylation sites (N-methyl/N-ethyl adjacent to an activating group) is 1. The molecule has 0 atom stereocenters. The van der Waals surface area contributed by atoms with E-state index in [2.05, 4.69) is 5.32 Å². The van der Waals surface area contributed by atoms with Crippen molar-refractivity contribution in [1.82, 2.24) is 4.90 Å². The SMILES string of the molecule is CN(C)C(=O)Cc1ccc(NC(=O)CC2(C(=O)O)Cc3ccccc3C2)cc1. The molecule has 0 saturated heterocycles. The van der Waals surface area contributed by atoms with Gasteiger partial charge in [-0.1, -0.05) is 36.4 Å². The van der Waals surface area contributed by atoms with Gasteiger partial charge in [0.15, 0.2) is 0 Å². The number of carboxylic acids is 1. The summed E-state index contributed by atoms with van der Waals surface area (Å²) in [7, 11) is 3.41. The summed E-state index contributed by atoms with van der Waals surface area (Å²) in [5.74, 6) is -1.27. The molecule has 0 fully saturated rings. The van der Waals surface area contributed by atoms with Crippen LogP contribution in [0.1, 0.15) is 23.1 Å². The minimum absolute atomic E-state index is 0.000912. The highest BCUT2D eigenvalue weighted by molar-refractivity contribution is 5.95. The normalized spacial score (nSPS) is 14.2. The molecule has 2 N–H and O–H groups in total. The van der Waals surface area contributed by atoms with Gasteiger partial charge in [0.05, 0.1) is 11.8 Å². The van der Waals surface area contributed by atoms with Crippen LogP contribution < -0.4 is 5.32 Å². The van der Waals surface area contributed by atoms with Gasteiger partial charge in [0.2, 0.25) is 11.8 Å². The first-order valence-corrected chi connectivity index (χ1v) is 9.18. The fourth-order valence-corrected chi connectivity index (χ4v) is 3.60. The summed E-state index contributed by atoms with van der Waals surface area (Å²) in [6.07, 6.45) is 0.925. The maximum atomic E-state index is 12.5. The van der Waals surface area contributed by atoms with E-state index in [9.17, 15) is 19.5 Å². The summed E-state index contributed by atoms with van der Waals surface area (Å²) in [4.78, 5) is 37.8. The van der Waals surface area contributed by atoms with Gasteiger partial charge >= 0.3 is 5.97 Å². The molecule has 0 heterocycles. The first-order chi connectivity index (χ1) is 13.3. The van der Waals surface area contributed by atoms with Crippen molar-refractivity contribution in [2.45, 2.75) is 25.7 Å². The summed E-state index contributed by atoms with van der Waals surface area (Å²) in [6, 6.07) is 14.7. The Morgan fingerprint density at radius 3 is 2.07 bits per heavy atom. The molecule has 6 nitrogen and oxygen atoms in total. The Morgan fingerprint density at radius 2 is 1.57 bits per heavy atom. The predicted octanol–water partition coefficient (Wildman–Crippen LogP) is 2.52. The van der Waals surface area contributed by atoms with E-state index < -0.39 is 11.4 Å². The molecule has 6 heteroatoms. The third kappa shape index (κ3) is 4.22. The van der Waals surface area contributed by atoms with Crippen LogP contribution >= 0.6 is 0 Å². The molecule has 0 saturated carbocycles. The van der Waals surface area contributed by atoms with Gasteiger partial charge in [-0.05, 0) is 41.7 Å². The molecule has 2 amide bonds. The maximum absolute atomic E-state index is 12.5. The minimum atomic E-state index is -1.11. The highest BCUT2D eigenvalue weighted by Crippen LogP contribution is 2.40. The van der Waals surface area contributed by atoms with Crippen molar-refractivity contribution >= 4 is 23.5 Å². The van der Waals surface area contributed by atoms with Gasteiger partial charge in [-0.3, -0.25) is 14.4 Å². The Kier molecular flexibility index (Phi) is 5.49. The van der Waals surface area contributed by atoms with Crippen LogP contribution in [0.15, 0.2) is 48.5 Å². The number of carboxylic acid groups (broad SMARTS) is 1. The molecule has 3 rings (SSSR count). The second-order valence-electron chi connectivity index (χ2n) is 7.59. The Balaban J connectivity index is 1.65. The van der Waals surface area contributed by atoms with E-state index in [0.29, 0.717) is 24.9 Å². The molecule has 146 valence electrons. The van der Waals surface area contributed by atoms with Crippen molar-refractivity contribution in [2.75, 3.05) is 19.4 Å². The highest BCUT2D eigenvalue weighted by Gasteiger charge is 2.45. The average Bonchev–Trinajstić information content (AvgIpc) is 3.02. The van der Waals surface area contributed by atoms with Gasteiger partial charge in [0.1, 0.15) is 0 Å². The topological polar surface area (TPSA) is 86.7 Å². The quantitative estimate of drug-likeness (QED) is 0.806. The van der Waals surface area contributed by atoms with Crippen molar-refractivity contribution in [3.05, 3.63) is 65.2 Å². The summed E-state index contributed by atoms with van der Waals surface area (Å²) in [5, 5.41) is 12.6. The van der Waals surface area contributed by atoms with Gasteiger partial charge in [-0.25, -0.2) is 0 Å². The first kappa shape index (κ1) is 19.6. The van der Waals surface area contributed by atoms with Gasteiger partial charge in [0, 0.05) is 26.2 Å². The lowest BCUT2D eigenvalue weighted by Gasteiger charge is -2.23. The molecular formula is C22H24N2O4. The number of carbonyl (C=O) groups is 3. The number of amides is 2. The van der Waals surface area contributed by atoms with E-state index in [1.165, 1.54) is 4.90 Å². The summed E-state index contributed by atoms with van der Waals surface area (Å²) in [6.45, 7) is 0. The van der Waals surface area contributed by atoms with Crippen LogP contribution in [-0.2, 0) is 33.6 Å². The number of aliphatic carboxylic acids is 1. The number of anilines is 1. The zero-order valence-corrected chi connectivity index (χ0v) is 16.1. The summed E-state index contributed by atoms with van der Waals surface area (Å²) in [5.41, 5.74) is 2.32. The van der Waals surface area contributed by atoms with Gasteiger partial charge < -0.3 is 15.3 Å². The minimum Gasteiger partial charge on any atom is -0.481 e. The molecule has 0 aliphatic heterocycles. The lowest BCUT2D eigenvalue weighted by atomic mass is 9.81. The fourth-order valence-electron chi connectivity index (χ4n) is 3.60. The van der Waals surface area contributed by atoms with Gasteiger partial charge in [0.25, 0.3) is 0 Å². The molecule has 28 heavy (non-hydrogen) atoms. The van der Waals surface area contributed by atoms with Crippen LogP contribution in [0.5, 0.6) is 0 Å². The second kappa shape index (κ2) is 7.84. The largest absolute Gasteiger partial charge is 0.481 e. The zero-order valence-electron chi connectivity index (χ0n) is 16.1. The van der Waals surface area contributed by atoms with Crippen LogP contribution in [0.3, 0.4) is 0 Å². The molecule has 0 radical (unpaired) electrons. The van der Waals surface area contributed by atoms with Crippen molar-refractivity contribution in [2.24, 2.45) is 5.41 Å². The number of fused-ring (bicyclic) bond motifs is 1. The van der Waals surface area contributed by atoms with Gasteiger partial charge in [-0.15, -0.1) is 0 Å². The van der Waals surface area contributed by atoms with E-state index >= 15 is 0 Å². The second-order valence-corrected chi connectivity index (χ2v) is 7.59. The third-order valence-electron chi connectivity index (χ3n) is 5.22. The Bertz CT molecular complexity index is 878. The third-order valence-corrected chi connectivity index (χ3v) is 5.22. The van der Waals surface area contributed by atoms with E-state index in [0.717, 1.165) is 16.7 Å². The molecule has 0 bridgehead atoms. The maximum Gasteiger partial charge on any atom is 0.310 e. The Morgan fingerprint density at radius 1 is 1.00 bits per heavy atom. The fraction of sp³-hybridized carbons (Fsp3) is 0.318. The number of rotatable bonds is 6. The zero-order chi connectivity index (χ0) is 20.3. The Labute approximate surface area is 164 Å². The van der Waals surface area contributed by atoms with Crippen molar-refractivity contribution in [3.63, 3.8) is 0 Å². The number of hydrogen-bond donors (Lipinski definition) is 2.